The summed E-state index contributed by atoms with van der Waals surface area (Å²) in [6.45, 7) is 1.89. The van der Waals surface area contributed by atoms with Crippen LogP contribution in [0.3, 0.4) is 0 Å². The van der Waals surface area contributed by atoms with Crippen molar-refractivity contribution >= 4 is 23.0 Å². The van der Waals surface area contributed by atoms with Crippen LogP contribution in [-0.4, -0.2) is 23.0 Å². The monoisotopic (exact) mass is 286 g/mol. The van der Waals surface area contributed by atoms with Gasteiger partial charge in [0.15, 0.2) is 0 Å². The van der Waals surface area contributed by atoms with Crippen molar-refractivity contribution in [2.45, 2.75) is 6.92 Å². The molecule has 2 aromatic carbocycles. The van der Waals surface area contributed by atoms with Crippen LogP contribution in [0, 0.1) is 17.0 Å². The summed E-state index contributed by atoms with van der Waals surface area (Å²) >= 11 is 0. The Morgan fingerprint density at radius 1 is 1.14 bits per heavy atom. The molecule has 21 heavy (non-hydrogen) atoms. The highest BCUT2D eigenvalue weighted by Crippen LogP contribution is 2.36. The number of aryl methyl sites for hydroxylation is 1. The molecule has 6 heteroatoms. The van der Waals surface area contributed by atoms with Crippen molar-refractivity contribution in [2.75, 3.05) is 11.9 Å². The average Bonchev–Trinajstić information content (AvgIpc) is 2.46. The molecule has 0 bridgehead atoms. The molecule has 0 amide bonds. The lowest BCUT2D eigenvalue weighted by molar-refractivity contribution is -0.384. The quantitative estimate of drug-likeness (QED) is 0.688. The van der Waals surface area contributed by atoms with Crippen molar-refractivity contribution in [1.82, 2.24) is 0 Å². The van der Waals surface area contributed by atoms with E-state index < -0.39 is 16.6 Å². The Bertz CT molecular complexity index is 713. The first kappa shape index (κ1) is 14.5. The molecule has 1 N–H and O–H groups in total. The third-order valence-electron chi connectivity index (χ3n) is 3.27. The second-order valence-electron chi connectivity index (χ2n) is 4.58. The van der Waals surface area contributed by atoms with Gasteiger partial charge in [0.25, 0.3) is 0 Å². The number of carboxylic acids is 1. The Morgan fingerprint density at radius 3 is 2.33 bits per heavy atom. The van der Waals surface area contributed by atoms with Gasteiger partial charge in [-0.05, 0) is 30.7 Å². The van der Waals surface area contributed by atoms with Crippen LogP contribution in [0.5, 0.6) is 0 Å². The maximum absolute atomic E-state index is 11.3. The molecular weight excluding hydrogens is 272 g/mol. The molecule has 0 saturated heterocycles. The minimum Gasteiger partial charge on any atom is -0.477 e. The third kappa shape index (κ3) is 2.69. The molecule has 0 aliphatic carbocycles. The number of carbonyl (C=O) groups is 1. The van der Waals surface area contributed by atoms with Gasteiger partial charge in [-0.25, -0.2) is 4.79 Å². The van der Waals surface area contributed by atoms with Crippen molar-refractivity contribution in [1.29, 1.82) is 0 Å². The zero-order chi connectivity index (χ0) is 15.6. The Morgan fingerprint density at radius 2 is 1.76 bits per heavy atom. The predicted molar refractivity (Wildman–Crippen MR) is 79.3 cm³/mol. The summed E-state index contributed by atoms with van der Waals surface area (Å²) in [5, 5.41) is 20.4. The van der Waals surface area contributed by atoms with Crippen LogP contribution in [0.4, 0.5) is 17.1 Å². The number of rotatable bonds is 4. The van der Waals surface area contributed by atoms with E-state index in [9.17, 15) is 14.9 Å². The molecule has 0 heterocycles. The largest absolute Gasteiger partial charge is 0.477 e. The molecule has 0 aliphatic rings. The molecule has 0 atom stereocenters. The third-order valence-corrected chi connectivity index (χ3v) is 3.27. The topological polar surface area (TPSA) is 83.7 Å². The second-order valence-corrected chi connectivity index (χ2v) is 4.58. The van der Waals surface area contributed by atoms with E-state index >= 15 is 0 Å². The molecule has 108 valence electrons. The second kappa shape index (κ2) is 5.62. The van der Waals surface area contributed by atoms with Crippen molar-refractivity contribution < 1.29 is 14.8 Å². The summed E-state index contributed by atoms with van der Waals surface area (Å²) in [7, 11) is 1.68. The van der Waals surface area contributed by atoms with E-state index in [1.54, 1.807) is 11.9 Å². The summed E-state index contributed by atoms with van der Waals surface area (Å²) in [4.78, 5) is 23.4. The molecule has 2 aromatic rings. The van der Waals surface area contributed by atoms with Gasteiger partial charge in [0.2, 0.25) is 0 Å². The number of para-hydroxylation sites is 2. The molecule has 0 spiro atoms. The zero-order valence-electron chi connectivity index (χ0n) is 11.6. The van der Waals surface area contributed by atoms with Gasteiger partial charge in [-0.2, -0.15) is 0 Å². The minimum absolute atomic E-state index is 0.245. The first-order valence-corrected chi connectivity index (χ1v) is 6.23. The van der Waals surface area contributed by atoms with E-state index in [4.69, 9.17) is 5.11 Å². The fraction of sp³-hybridized carbons (Fsp3) is 0.133. The average molecular weight is 286 g/mol. The molecule has 6 nitrogen and oxygen atoms in total. The van der Waals surface area contributed by atoms with Crippen LogP contribution in [0.25, 0.3) is 0 Å². The molecule has 2 rings (SSSR count). The van der Waals surface area contributed by atoms with Gasteiger partial charge in [0.1, 0.15) is 11.3 Å². The van der Waals surface area contributed by atoms with Crippen LogP contribution in [0.1, 0.15) is 15.9 Å². The SMILES string of the molecule is Cc1ccccc1N(C)c1cccc(C(=O)O)c1[N+](=O)[O-]. The lowest BCUT2D eigenvalue weighted by atomic mass is 10.1. The Labute approximate surface area is 121 Å². The van der Waals surface area contributed by atoms with Crippen LogP contribution in [-0.2, 0) is 0 Å². The number of hydrogen-bond acceptors (Lipinski definition) is 4. The van der Waals surface area contributed by atoms with E-state index in [-0.39, 0.29) is 11.3 Å². The minimum atomic E-state index is -1.32. The fourth-order valence-electron chi connectivity index (χ4n) is 2.24. The van der Waals surface area contributed by atoms with Gasteiger partial charge in [-0.3, -0.25) is 10.1 Å². The predicted octanol–water partition coefficient (Wildman–Crippen LogP) is 3.37. The lowest BCUT2D eigenvalue weighted by Crippen LogP contribution is -2.14. The van der Waals surface area contributed by atoms with Crippen LogP contribution >= 0.6 is 0 Å². The van der Waals surface area contributed by atoms with Crippen LogP contribution < -0.4 is 4.90 Å². The molecule has 0 aliphatic heterocycles. The summed E-state index contributed by atoms with van der Waals surface area (Å²) in [6.07, 6.45) is 0. The number of nitro benzene ring substituents is 1. The van der Waals surface area contributed by atoms with Gasteiger partial charge in [0, 0.05) is 12.7 Å². The van der Waals surface area contributed by atoms with Crippen LogP contribution in [0.2, 0.25) is 0 Å². The summed E-state index contributed by atoms with van der Waals surface area (Å²) in [6, 6.07) is 11.7. The van der Waals surface area contributed by atoms with Crippen molar-refractivity contribution in [3.8, 4) is 0 Å². The number of hydrogen-bond donors (Lipinski definition) is 1. The highest BCUT2D eigenvalue weighted by atomic mass is 16.6. The molecular formula is C15H14N2O4. The van der Waals surface area contributed by atoms with Gasteiger partial charge in [-0.1, -0.05) is 24.3 Å². The van der Waals surface area contributed by atoms with Gasteiger partial charge >= 0.3 is 11.7 Å². The molecule has 0 radical (unpaired) electrons. The number of nitrogens with zero attached hydrogens (tertiary/aromatic N) is 2. The normalized spacial score (nSPS) is 10.2. The molecule has 0 unspecified atom stereocenters. The number of carboxylic acid groups (broad SMARTS) is 1. The first-order chi connectivity index (χ1) is 9.93. The summed E-state index contributed by atoms with van der Waals surface area (Å²) in [5.74, 6) is -1.32. The highest BCUT2D eigenvalue weighted by molar-refractivity contribution is 5.96. The van der Waals surface area contributed by atoms with Gasteiger partial charge < -0.3 is 10.0 Å². The van der Waals surface area contributed by atoms with E-state index in [1.807, 2.05) is 31.2 Å². The van der Waals surface area contributed by atoms with E-state index in [0.29, 0.717) is 0 Å². The fourth-order valence-corrected chi connectivity index (χ4v) is 2.24. The number of aromatic carboxylic acids is 1. The molecule has 0 fully saturated rings. The maximum atomic E-state index is 11.3. The van der Waals surface area contributed by atoms with Crippen molar-refractivity contribution in [3.63, 3.8) is 0 Å². The van der Waals surface area contributed by atoms with E-state index in [0.717, 1.165) is 11.3 Å². The Kier molecular flexibility index (Phi) is 3.89. The summed E-state index contributed by atoms with van der Waals surface area (Å²) in [5.41, 5.74) is 1.24. The number of benzene rings is 2. The Balaban J connectivity index is 2.64. The standard InChI is InChI=1S/C15H14N2O4/c1-10-6-3-4-8-12(10)16(2)13-9-5-7-11(15(18)19)14(13)17(20)21/h3-9H,1-2H3,(H,18,19). The van der Waals surface area contributed by atoms with Gasteiger partial charge in [0.05, 0.1) is 4.92 Å². The van der Waals surface area contributed by atoms with Crippen LogP contribution in [0.15, 0.2) is 42.5 Å². The zero-order valence-corrected chi connectivity index (χ0v) is 11.6. The van der Waals surface area contributed by atoms with E-state index in [2.05, 4.69) is 0 Å². The smallest absolute Gasteiger partial charge is 0.342 e. The van der Waals surface area contributed by atoms with Crippen molar-refractivity contribution in [3.05, 3.63) is 63.7 Å². The number of anilines is 2. The molecule has 0 aromatic heterocycles. The summed E-state index contributed by atoms with van der Waals surface area (Å²) < 4.78 is 0. The molecule has 0 saturated carbocycles. The lowest BCUT2D eigenvalue weighted by Gasteiger charge is -2.21. The Hall–Kier alpha value is -2.89. The first-order valence-electron chi connectivity index (χ1n) is 6.23. The maximum Gasteiger partial charge on any atom is 0.342 e. The van der Waals surface area contributed by atoms with Crippen molar-refractivity contribution in [2.24, 2.45) is 0 Å². The van der Waals surface area contributed by atoms with Gasteiger partial charge in [-0.15, -0.1) is 0 Å². The number of nitro groups is 1. The highest BCUT2D eigenvalue weighted by Gasteiger charge is 2.26. The van der Waals surface area contributed by atoms with E-state index in [1.165, 1.54) is 18.2 Å².